The second kappa shape index (κ2) is 7.13. The summed E-state index contributed by atoms with van der Waals surface area (Å²) in [5.74, 6) is 1.76. The lowest BCUT2D eigenvalue weighted by molar-refractivity contribution is 0.0985. The van der Waals surface area contributed by atoms with Gasteiger partial charge in [-0.05, 0) is 24.9 Å². The Balaban J connectivity index is 1.69. The van der Waals surface area contributed by atoms with Crippen molar-refractivity contribution in [3.05, 3.63) is 17.0 Å². The van der Waals surface area contributed by atoms with Crippen LogP contribution in [0.2, 0.25) is 5.28 Å². The third kappa shape index (κ3) is 4.00. The molecule has 5 nitrogen and oxygen atoms in total. The van der Waals surface area contributed by atoms with Gasteiger partial charge in [-0.25, -0.2) is 9.97 Å². The predicted octanol–water partition coefficient (Wildman–Crippen LogP) is 2.38. The summed E-state index contributed by atoms with van der Waals surface area (Å²) in [6.45, 7) is 6.16. The number of nitrogens with zero attached hydrogens (tertiary/aromatic N) is 3. The second-order valence-electron chi connectivity index (χ2n) is 5.40. The van der Waals surface area contributed by atoms with Gasteiger partial charge in [0.15, 0.2) is 0 Å². The molecule has 2 atom stereocenters. The van der Waals surface area contributed by atoms with Gasteiger partial charge >= 0.3 is 0 Å². The molecule has 7 heteroatoms. The van der Waals surface area contributed by atoms with Gasteiger partial charge in [-0.3, -0.25) is 0 Å². The lowest BCUT2D eigenvalue weighted by Gasteiger charge is -2.34. The van der Waals surface area contributed by atoms with E-state index >= 15 is 0 Å². The van der Waals surface area contributed by atoms with Crippen LogP contribution in [-0.4, -0.2) is 54.2 Å². The fourth-order valence-corrected chi connectivity index (χ4v) is 3.79. The number of aromatic nitrogens is 2. The van der Waals surface area contributed by atoms with Crippen LogP contribution in [0.5, 0.6) is 0 Å². The zero-order chi connectivity index (χ0) is 14.7. The number of hydrogen-bond donors (Lipinski definition) is 0. The molecule has 0 N–H and O–H groups in total. The SMILES string of the molecule is C[C@H]1COCCN1c1cc(CSC2CCOC2)nc(Cl)n1. The van der Waals surface area contributed by atoms with E-state index in [1.54, 1.807) is 0 Å². The average Bonchev–Trinajstić information content (AvgIpc) is 2.98. The van der Waals surface area contributed by atoms with Gasteiger partial charge in [0, 0.05) is 30.2 Å². The van der Waals surface area contributed by atoms with Crippen LogP contribution >= 0.6 is 23.4 Å². The highest BCUT2D eigenvalue weighted by Crippen LogP contribution is 2.26. The number of morpholine rings is 1. The average molecular weight is 330 g/mol. The molecule has 3 rings (SSSR count). The van der Waals surface area contributed by atoms with Crippen LogP contribution in [0.3, 0.4) is 0 Å². The van der Waals surface area contributed by atoms with Crippen molar-refractivity contribution in [2.24, 2.45) is 0 Å². The van der Waals surface area contributed by atoms with Gasteiger partial charge < -0.3 is 14.4 Å². The summed E-state index contributed by atoms with van der Waals surface area (Å²) in [5, 5.41) is 0.897. The van der Waals surface area contributed by atoms with Crippen molar-refractivity contribution >= 4 is 29.2 Å². The Labute approximate surface area is 134 Å². The van der Waals surface area contributed by atoms with E-state index in [-0.39, 0.29) is 0 Å². The number of rotatable bonds is 4. The Kier molecular flexibility index (Phi) is 5.21. The monoisotopic (exact) mass is 329 g/mol. The summed E-state index contributed by atoms with van der Waals surface area (Å²) in [6.07, 6.45) is 1.12. The van der Waals surface area contributed by atoms with Crippen LogP contribution in [0.4, 0.5) is 5.82 Å². The Bertz CT molecular complexity index is 485. The maximum Gasteiger partial charge on any atom is 0.224 e. The standard InChI is InChI=1S/C14H20ClN3O2S/c1-10-7-20-5-3-18(10)13-6-11(16-14(15)17-13)9-21-12-2-4-19-8-12/h6,10,12H,2-5,7-9H2,1H3/t10-,12?/m0/s1. The number of thioether (sulfide) groups is 1. The highest BCUT2D eigenvalue weighted by molar-refractivity contribution is 7.99. The Morgan fingerprint density at radius 1 is 1.33 bits per heavy atom. The predicted molar refractivity (Wildman–Crippen MR) is 85.2 cm³/mol. The highest BCUT2D eigenvalue weighted by Gasteiger charge is 2.22. The van der Waals surface area contributed by atoms with Crippen molar-refractivity contribution in [2.45, 2.75) is 30.4 Å². The number of ether oxygens (including phenoxy) is 2. The van der Waals surface area contributed by atoms with Gasteiger partial charge in [0.05, 0.1) is 31.6 Å². The van der Waals surface area contributed by atoms with Crippen LogP contribution in [0.1, 0.15) is 19.0 Å². The molecule has 0 radical (unpaired) electrons. The van der Waals surface area contributed by atoms with Gasteiger partial charge in [0.25, 0.3) is 0 Å². The summed E-state index contributed by atoms with van der Waals surface area (Å²) in [6, 6.07) is 2.37. The number of hydrogen-bond acceptors (Lipinski definition) is 6. The van der Waals surface area contributed by atoms with Crippen LogP contribution < -0.4 is 4.90 Å². The van der Waals surface area contributed by atoms with Crippen LogP contribution in [0.25, 0.3) is 0 Å². The number of halogens is 1. The first-order chi connectivity index (χ1) is 10.2. The van der Waals surface area contributed by atoms with E-state index in [0.29, 0.717) is 16.6 Å². The third-order valence-electron chi connectivity index (χ3n) is 3.76. The molecule has 0 aromatic carbocycles. The summed E-state index contributed by atoms with van der Waals surface area (Å²) < 4.78 is 10.9. The molecule has 0 amide bonds. The topological polar surface area (TPSA) is 47.5 Å². The maximum atomic E-state index is 6.10. The highest BCUT2D eigenvalue weighted by atomic mass is 35.5. The molecule has 1 aromatic rings. The quantitative estimate of drug-likeness (QED) is 0.790. The minimum atomic E-state index is 0.313. The van der Waals surface area contributed by atoms with Crippen LogP contribution in [-0.2, 0) is 15.2 Å². The summed E-state index contributed by atoms with van der Waals surface area (Å²) >= 11 is 7.98. The summed E-state index contributed by atoms with van der Waals surface area (Å²) in [4.78, 5) is 11.0. The molecule has 1 aromatic heterocycles. The van der Waals surface area contributed by atoms with Crippen molar-refractivity contribution in [1.82, 2.24) is 9.97 Å². The molecule has 116 valence electrons. The zero-order valence-corrected chi connectivity index (χ0v) is 13.7. The van der Waals surface area contributed by atoms with Gasteiger partial charge in [-0.2, -0.15) is 0 Å². The maximum absolute atomic E-state index is 6.10. The molecule has 0 saturated carbocycles. The van der Waals surface area contributed by atoms with E-state index < -0.39 is 0 Å². The Hall–Kier alpha value is -0.560. The fourth-order valence-electron chi connectivity index (χ4n) is 2.59. The van der Waals surface area contributed by atoms with Crippen molar-refractivity contribution in [3.8, 4) is 0 Å². The van der Waals surface area contributed by atoms with E-state index in [9.17, 15) is 0 Å². The molecule has 0 spiro atoms. The molecule has 2 saturated heterocycles. The van der Waals surface area contributed by atoms with Gasteiger partial charge in [0.2, 0.25) is 5.28 Å². The Morgan fingerprint density at radius 3 is 2.95 bits per heavy atom. The Morgan fingerprint density at radius 2 is 2.19 bits per heavy atom. The summed E-state index contributed by atoms with van der Waals surface area (Å²) in [7, 11) is 0. The minimum absolute atomic E-state index is 0.313. The van der Waals surface area contributed by atoms with E-state index in [4.69, 9.17) is 21.1 Å². The summed E-state index contributed by atoms with van der Waals surface area (Å²) in [5.41, 5.74) is 0.987. The van der Waals surface area contributed by atoms with E-state index in [0.717, 1.165) is 56.7 Å². The lowest BCUT2D eigenvalue weighted by Crippen LogP contribution is -2.44. The van der Waals surface area contributed by atoms with Crippen LogP contribution in [0.15, 0.2) is 6.07 Å². The van der Waals surface area contributed by atoms with E-state index in [2.05, 4.69) is 27.9 Å². The van der Waals surface area contributed by atoms with Gasteiger partial charge in [0.1, 0.15) is 5.82 Å². The molecule has 2 aliphatic rings. The first kappa shape index (κ1) is 15.3. The van der Waals surface area contributed by atoms with E-state index in [1.807, 2.05) is 11.8 Å². The molecular formula is C14H20ClN3O2S. The molecule has 0 aliphatic carbocycles. The largest absolute Gasteiger partial charge is 0.380 e. The first-order valence-electron chi connectivity index (χ1n) is 7.29. The molecule has 21 heavy (non-hydrogen) atoms. The molecule has 2 fully saturated rings. The van der Waals surface area contributed by atoms with Crippen molar-refractivity contribution < 1.29 is 9.47 Å². The molecule has 0 bridgehead atoms. The fraction of sp³-hybridized carbons (Fsp3) is 0.714. The molecule has 2 aliphatic heterocycles. The lowest BCUT2D eigenvalue weighted by atomic mass is 10.2. The normalized spacial score (nSPS) is 26.3. The van der Waals surface area contributed by atoms with Gasteiger partial charge in [-0.1, -0.05) is 0 Å². The van der Waals surface area contributed by atoms with Crippen molar-refractivity contribution in [3.63, 3.8) is 0 Å². The third-order valence-corrected chi connectivity index (χ3v) is 5.23. The molecule has 1 unspecified atom stereocenters. The van der Waals surface area contributed by atoms with Gasteiger partial charge in [-0.15, -0.1) is 11.8 Å². The van der Waals surface area contributed by atoms with Crippen LogP contribution in [0, 0.1) is 0 Å². The molecular weight excluding hydrogens is 310 g/mol. The second-order valence-corrected chi connectivity index (χ2v) is 7.03. The first-order valence-corrected chi connectivity index (χ1v) is 8.72. The number of anilines is 1. The smallest absolute Gasteiger partial charge is 0.224 e. The van der Waals surface area contributed by atoms with E-state index in [1.165, 1.54) is 0 Å². The molecule has 3 heterocycles. The zero-order valence-electron chi connectivity index (χ0n) is 12.1. The van der Waals surface area contributed by atoms with Crippen molar-refractivity contribution in [1.29, 1.82) is 0 Å². The minimum Gasteiger partial charge on any atom is -0.380 e. The van der Waals surface area contributed by atoms with Crippen molar-refractivity contribution in [2.75, 3.05) is 37.9 Å².